The molecule has 1 aromatic rings. The van der Waals surface area contributed by atoms with Gasteiger partial charge in [0, 0.05) is 28.3 Å². The third-order valence-corrected chi connectivity index (χ3v) is 3.91. The smallest absolute Gasteiger partial charge is 0.137 e. The molecule has 0 aromatic carbocycles. The Labute approximate surface area is 89.6 Å². The minimum Gasteiger partial charge on any atom is -0.299 e. The molecule has 0 saturated carbocycles. The number of ketones is 1. The second-order valence-electron chi connectivity index (χ2n) is 3.11. The number of Topliss-reactive ketones (excluding diaryl/α,β-unsaturated/α-hetero) is 1. The molecular weight excluding hydrogens is 248 g/mol. The van der Waals surface area contributed by atoms with Crippen molar-refractivity contribution in [2.45, 2.75) is 19.3 Å². The number of allylic oxidation sites excluding steroid dienone is 2. The molecule has 0 bridgehead atoms. The first kappa shape index (κ1) is 9.16. The lowest BCUT2D eigenvalue weighted by atomic mass is 9.95. The molecule has 1 aliphatic rings. The summed E-state index contributed by atoms with van der Waals surface area (Å²) in [5.74, 6) is 0.357. The Morgan fingerprint density at radius 1 is 1.31 bits per heavy atom. The number of hydrogen-bond donors (Lipinski definition) is 0. The first-order valence-corrected chi connectivity index (χ1v) is 5.94. The van der Waals surface area contributed by atoms with Crippen molar-refractivity contribution in [3.05, 3.63) is 26.9 Å². The van der Waals surface area contributed by atoms with Gasteiger partial charge in [0.05, 0.1) is 0 Å². The van der Waals surface area contributed by atoms with Gasteiger partial charge in [0.25, 0.3) is 0 Å². The van der Waals surface area contributed by atoms with Crippen LogP contribution < -0.4 is 0 Å². The lowest BCUT2D eigenvalue weighted by Crippen LogP contribution is -2.02. The van der Waals surface area contributed by atoms with Crippen molar-refractivity contribution < 1.29 is 4.79 Å². The summed E-state index contributed by atoms with van der Waals surface area (Å²) in [4.78, 5) is 11.0. The van der Waals surface area contributed by atoms with E-state index in [1.54, 1.807) is 11.3 Å². The largest absolute Gasteiger partial charge is 0.299 e. The van der Waals surface area contributed by atoms with Gasteiger partial charge >= 0.3 is 0 Å². The van der Waals surface area contributed by atoms with Crippen LogP contribution in [0.25, 0.3) is 5.57 Å². The Hall–Kier alpha value is -0.410. The Bertz CT molecular complexity index is 365. The van der Waals surface area contributed by atoms with Crippen LogP contribution >= 0.6 is 27.3 Å². The lowest BCUT2D eigenvalue weighted by molar-refractivity contribution is -0.118. The van der Waals surface area contributed by atoms with Crippen LogP contribution in [-0.2, 0) is 4.79 Å². The lowest BCUT2D eigenvalue weighted by Gasteiger charge is -2.10. The molecule has 0 radical (unpaired) electrons. The Morgan fingerprint density at radius 3 is 2.69 bits per heavy atom. The standard InChI is InChI=1S/C10H9BrOS/c11-10-6-13-5-9(10)7-1-3-8(12)4-2-7/h1,5-6H,2-4H2. The molecular formula is C10H9BrOS. The Kier molecular flexibility index (Phi) is 2.65. The average Bonchev–Trinajstić information content (AvgIpc) is 2.53. The molecule has 2 rings (SSSR count). The van der Waals surface area contributed by atoms with Gasteiger partial charge in [-0.15, -0.1) is 0 Å². The van der Waals surface area contributed by atoms with Gasteiger partial charge in [-0.2, -0.15) is 11.3 Å². The summed E-state index contributed by atoms with van der Waals surface area (Å²) in [5, 5.41) is 4.21. The molecule has 0 aliphatic heterocycles. The molecule has 3 heteroatoms. The molecule has 0 N–H and O–H groups in total. The van der Waals surface area contributed by atoms with Gasteiger partial charge in [-0.25, -0.2) is 0 Å². The van der Waals surface area contributed by atoms with Crippen LogP contribution in [0.4, 0.5) is 0 Å². The zero-order valence-corrected chi connectivity index (χ0v) is 9.45. The number of rotatable bonds is 1. The highest BCUT2D eigenvalue weighted by Gasteiger charge is 2.13. The van der Waals surface area contributed by atoms with Gasteiger partial charge in [-0.3, -0.25) is 4.79 Å². The third kappa shape index (κ3) is 1.92. The number of halogens is 1. The fourth-order valence-corrected chi connectivity index (χ4v) is 3.04. The predicted octanol–water partition coefficient (Wildman–Crippen LogP) is 3.65. The fraction of sp³-hybridized carbons (Fsp3) is 0.300. The Morgan fingerprint density at radius 2 is 2.15 bits per heavy atom. The third-order valence-electron chi connectivity index (χ3n) is 2.21. The van der Waals surface area contributed by atoms with E-state index in [2.05, 4.69) is 32.8 Å². The van der Waals surface area contributed by atoms with Crippen molar-refractivity contribution in [2.24, 2.45) is 0 Å². The van der Waals surface area contributed by atoms with Crippen molar-refractivity contribution >= 4 is 38.6 Å². The van der Waals surface area contributed by atoms with Gasteiger partial charge in [0.15, 0.2) is 0 Å². The fourth-order valence-electron chi connectivity index (χ4n) is 1.47. The van der Waals surface area contributed by atoms with Crippen LogP contribution in [0.1, 0.15) is 24.8 Å². The van der Waals surface area contributed by atoms with Gasteiger partial charge in [0.1, 0.15) is 5.78 Å². The molecule has 0 amide bonds. The monoisotopic (exact) mass is 256 g/mol. The second kappa shape index (κ2) is 3.76. The maximum atomic E-state index is 11.0. The minimum atomic E-state index is 0.357. The van der Waals surface area contributed by atoms with Gasteiger partial charge in [0.2, 0.25) is 0 Å². The molecule has 0 fully saturated rings. The highest BCUT2D eigenvalue weighted by Crippen LogP contribution is 2.32. The molecule has 0 atom stereocenters. The van der Waals surface area contributed by atoms with E-state index in [9.17, 15) is 4.79 Å². The number of carbonyl (C=O) groups is 1. The van der Waals surface area contributed by atoms with Gasteiger partial charge in [-0.1, -0.05) is 6.08 Å². The molecule has 0 unspecified atom stereocenters. The van der Waals surface area contributed by atoms with Crippen LogP contribution in [0, 0.1) is 0 Å². The van der Waals surface area contributed by atoms with E-state index in [4.69, 9.17) is 0 Å². The van der Waals surface area contributed by atoms with Crippen LogP contribution in [-0.4, -0.2) is 5.78 Å². The van der Waals surface area contributed by atoms with E-state index >= 15 is 0 Å². The number of hydrogen-bond acceptors (Lipinski definition) is 2. The van der Waals surface area contributed by atoms with Crippen LogP contribution in [0.2, 0.25) is 0 Å². The van der Waals surface area contributed by atoms with Crippen molar-refractivity contribution in [1.29, 1.82) is 0 Å². The summed E-state index contributed by atoms with van der Waals surface area (Å²) < 4.78 is 1.15. The molecule has 1 aliphatic carbocycles. The Balaban J connectivity index is 2.28. The zero-order chi connectivity index (χ0) is 9.26. The van der Waals surface area contributed by atoms with Crippen molar-refractivity contribution in [3.63, 3.8) is 0 Å². The number of carbonyl (C=O) groups excluding carboxylic acids is 1. The SMILES string of the molecule is O=C1CC=C(c2cscc2Br)CC1. The van der Waals surface area contributed by atoms with Crippen LogP contribution in [0.15, 0.2) is 21.3 Å². The quantitative estimate of drug-likeness (QED) is 0.750. The molecule has 0 saturated heterocycles. The van der Waals surface area contributed by atoms with E-state index < -0.39 is 0 Å². The highest BCUT2D eigenvalue weighted by atomic mass is 79.9. The van der Waals surface area contributed by atoms with Crippen LogP contribution in [0.5, 0.6) is 0 Å². The van der Waals surface area contributed by atoms with Gasteiger partial charge in [-0.05, 0) is 33.3 Å². The summed E-state index contributed by atoms with van der Waals surface area (Å²) in [6.07, 6.45) is 4.26. The van der Waals surface area contributed by atoms with Gasteiger partial charge < -0.3 is 0 Å². The van der Waals surface area contributed by atoms with E-state index in [-0.39, 0.29) is 0 Å². The van der Waals surface area contributed by atoms with Crippen molar-refractivity contribution in [2.75, 3.05) is 0 Å². The maximum absolute atomic E-state index is 11.0. The highest BCUT2D eigenvalue weighted by molar-refractivity contribution is 9.10. The van der Waals surface area contributed by atoms with E-state index in [0.717, 1.165) is 10.9 Å². The summed E-state index contributed by atoms with van der Waals surface area (Å²) in [5.41, 5.74) is 2.57. The average molecular weight is 257 g/mol. The first-order chi connectivity index (χ1) is 6.27. The summed E-state index contributed by atoms with van der Waals surface area (Å²) in [6.45, 7) is 0. The maximum Gasteiger partial charge on any atom is 0.137 e. The van der Waals surface area contributed by atoms with Crippen molar-refractivity contribution in [1.82, 2.24) is 0 Å². The summed E-state index contributed by atoms with van der Waals surface area (Å²) in [6, 6.07) is 0. The second-order valence-corrected chi connectivity index (χ2v) is 4.70. The summed E-state index contributed by atoms with van der Waals surface area (Å²) in [7, 11) is 0. The van der Waals surface area contributed by atoms with E-state index in [0.29, 0.717) is 18.6 Å². The normalized spacial score (nSPS) is 17.3. The molecule has 1 aromatic heterocycles. The summed E-state index contributed by atoms with van der Waals surface area (Å²) >= 11 is 5.19. The first-order valence-electron chi connectivity index (χ1n) is 4.20. The van der Waals surface area contributed by atoms with Crippen molar-refractivity contribution in [3.8, 4) is 0 Å². The molecule has 68 valence electrons. The number of thiophene rings is 1. The molecule has 0 spiro atoms. The topological polar surface area (TPSA) is 17.1 Å². The molecule has 13 heavy (non-hydrogen) atoms. The molecule has 1 heterocycles. The zero-order valence-electron chi connectivity index (χ0n) is 7.05. The minimum absolute atomic E-state index is 0.357. The predicted molar refractivity (Wildman–Crippen MR) is 58.9 cm³/mol. The van der Waals surface area contributed by atoms with E-state index in [1.165, 1.54) is 11.1 Å². The van der Waals surface area contributed by atoms with Crippen LogP contribution in [0.3, 0.4) is 0 Å². The molecule has 1 nitrogen and oxygen atoms in total. The van der Waals surface area contributed by atoms with E-state index in [1.807, 2.05) is 0 Å².